The summed E-state index contributed by atoms with van der Waals surface area (Å²) in [5.74, 6) is -1.20. The van der Waals surface area contributed by atoms with Crippen molar-refractivity contribution in [2.24, 2.45) is 5.92 Å². The van der Waals surface area contributed by atoms with E-state index in [2.05, 4.69) is 0 Å². The number of benzene rings is 1. The van der Waals surface area contributed by atoms with Gasteiger partial charge in [-0.3, -0.25) is 9.59 Å². The zero-order chi connectivity index (χ0) is 15.4. The first-order chi connectivity index (χ1) is 10.0. The quantitative estimate of drug-likeness (QED) is 0.682. The van der Waals surface area contributed by atoms with Gasteiger partial charge < -0.3 is 15.4 Å². The van der Waals surface area contributed by atoms with E-state index in [4.69, 9.17) is 10.5 Å². The maximum absolute atomic E-state index is 13.4. The number of esters is 1. The minimum absolute atomic E-state index is 0.0209. The maximum Gasteiger partial charge on any atom is 0.309 e. The lowest BCUT2D eigenvalue weighted by Crippen LogP contribution is -2.40. The van der Waals surface area contributed by atoms with Crippen LogP contribution in [0.3, 0.4) is 0 Å². The van der Waals surface area contributed by atoms with Gasteiger partial charge >= 0.3 is 5.97 Å². The molecule has 6 heteroatoms. The zero-order valence-corrected chi connectivity index (χ0v) is 12.0. The number of hydrogen-bond acceptors (Lipinski definition) is 4. The molecule has 5 nitrogen and oxygen atoms in total. The summed E-state index contributed by atoms with van der Waals surface area (Å²) in [6.45, 7) is 3.07. The first-order valence-corrected chi connectivity index (χ1v) is 7.04. The summed E-state index contributed by atoms with van der Waals surface area (Å²) < 4.78 is 18.4. The lowest BCUT2D eigenvalue weighted by Gasteiger charge is -2.31. The van der Waals surface area contributed by atoms with E-state index >= 15 is 0 Å². The molecule has 0 unspecified atom stereocenters. The molecule has 0 spiro atoms. The van der Waals surface area contributed by atoms with Crippen LogP contribution in [0.15, 0.2) is 18.2 Å². The molecule has 1 aromatic rings. The smallest absolute Gasteiger partial charge is 0.309 e. The molecule has 114 valence electrons. The van der Waals surface area contributed by atoms with Crippen molar-refractivity contribution in [2.45, 2.75) is 19.8 Å². The SMILES string of the molecule is CCOC(=O)C1CCN(C(=O)c2ccc(N)c(F)c2)CC1. The Morgan fingerprint density at radius 2 is 2.05 bits per heavy atom. The molecule has 0 bridgehead atoms. The van der Waals surface area contributed by atoms with Gasteiger partial charge in [-0.05, 0) is 38.0 Å². The van der Waals surface area contributed by atoms with Gasteiger partial charge in [0.1, 0.15) is 5.82 Å². The van der Waals surface area contributed by atoms with Crippen molar-refractivity contribution in [2.75, 3.05) is 25.4 Å². The van der Waals surface area contributed by atoms with Crippen LogP contribution in [0.1, 0.15) is 30.1 Å². The third kappa shape index (κ3) is 3.51. The van der Waals surface area contributed by atoms with E-state index in [0.717, 1.165) is 6.07 Å². The van der Waals surface area contributed by atoms with Crippen LogP contribution in [0.5, 0.6) is 0 Å². The van der Waals surface area contributed by atoms with Gasteiger partial charge in [0, 0.05) is 18.7 Å². The van der Waals surface area contributed by atoms with Crippen LogP contribution in [0, 0.1) is 11.7 Å². The number of carbonyl (C=O) groups excluding carboxylic acids is 2. The Labute approximate surface area is 122 Å². The molecule has 1 saturated heterocycles. The van der Waals surface area contributed by atoms with Crippen LogP contribution < -0.4 is 5.73 Å². The van der Waals surface area contributed by atoms with E-state index in [-0.39, 0.29) is 29.0 Å². The van der Waals surface area contributed by atoms with Gasteiger partial charge in [-0.15, -0.1) is 0 Å². The van der Waals surface area contributed by atoms with Gasteiger partial charge in [0.15, 0.2) is 0 Å². The Balaban J connectivity index is 1.97. The molecular formula is C15H19FN2O3. The number of halogens is 1. The number of rotatable bonds is 3. The van der Waals surface area contributed by atoms with Gasteiger partial charge in [0.05, 0.1) is 18.2 Å². The highest BCUT2D eigenvalue weighted by Gasteiger charge is 2.28. The summed E-state index contributed by atoms with van der Waals surface area (Å²) in [7, 11) is 0. The predicted octanol–water partition coefficient (Wildman–Crippen LogP) is 1.82. The molecule has 1 aliphatic rings. The number of hydrogen-bond donors (Lipinski definition) is 1. The molecule has 0 aromatic heterocycles. The van der Waals surface area contributed by atoms with Crippen molar-refractivity contribution in [3.63, 3.8) is 0 Å². The second-order valence-corrected chi connectivity index (χ2v) is 5.05. The van der Waals surface area contributed by atoms with Crippen LogP contribution in [-0.2, 0) is 9.53 Å². The van der Waals surface area contributed by atoms with E-state index in [0.29, 0.717) is 32.5 Å². The lowest BCUT2D eigenvalue weighted by atomic mass is 9.96. The van der Waals surface area contributed by atoms with Crippen LogP contribution >= 0.6 is 0 Å². The normalized spacial score (nSPS) is 15.8. The molecule has 1 aromatic carbocycles. The van der Waals surface area contributed by atoms with Crippen LogP contribution in [0.25, 0.3) is 0 Å². The molecule has 1 aliphatic heterocycles. The Morgan fingerprint density at radius 3 is 2.62 bits per heavy atom. The second kappa shape index (κ2) is 6.56. The fourth-order valence-electron chi connectivity index (χ4n) is 2.42. The van der Waals surface area contributed by atoms with Crippen molar-refractivity contribution < 1.29 is 18.7 Å². The zero-order valence-electron chi connectivity index (χ0n) is 12.0. The van der Waals surface area contributed by atoms with Crippen molar-refractivity contribution >= 4 is 17.6 Å². The van der Waals surface area contributed by atoms with E-state index in [1.807, 2.05) is 0 Å². The third-order valence-electron chi connectivity index (χ3n) is 3.65. The number of anilines is 1. The second-order valence-electron chi connectivity index (χ2n) is 5.05. The Morgan fingerprint density at radius 1 is 1.38 bits per heavy atom. The molecule has 0 radical (unpaired) electrons. The van der Waals surface area contributed by atoms with E-state index in [9.17, 15) is 14.0 Å². The van der Waals surface area contributed by atoms with Crippen LogP contribution in [-0.4, -0.2) is 36.5 Å². The lowest BCUT2D eigenvalue weighted by molar-refractivity contribution is -0.149. The summed E-state index contributed by atoms with van der Waals surface area (Å²) in [4.78, 5) is 25.5. The molecule has 1 fully saturated rings. The standard InChI is InChI=1S/C15H19FN2O3/c1-2-21-15(20)10-5-7-18(8-6-10)14(19)11-3-4-13(17)12(16)9-11/h3-4,9-10H,2,5-8,17H2,1H3. The minimum atomic E-state index is -0.595. The fraction of sp³-hybridized carbons (Fsp3) is 0.467. The topological polar surface area (TPSA) is 72.6 Å². The molecule has 0 atom stereocenters. The fourth-order valence-corrected chi connectivity index (χ4v) is 2.42. The van der Waals surface area contributed by atoms with Crippen molar-refractivity contribution in [1.29, 1.82) is 0 Å². The minimum Gasteiger partial charge on any atom is -0.466 e. The number of nitrogens with zero attached hydrogens (tertiary/aromatic N) is 1. The molecule has 1 amide bonds. The van der Waals surface area contributed by atoms with Crippen LogP contribution in [0.2, 0.25) is 0 Å². The Bertz CT molecular complexity index is 540. The highest BCUT2D eigenvalue weighted by molar-refractivity contribution is 5.94. The van der Waals surface area contributed by atoms with E-state index in [1.165, 1.54) is 12.1 Å². The third-order valence-corrected chi connectivity index (χ3v) is 3.65. The average Bonchev–Trinajstić information content (AvgIpc) is 2.50. The maximum atomic E-state index is 13.4. The summed E-state index contributed by atoms with van der Waals surface area (Å²) in [6, 6.07) is 4.04. The van der Waals surface area contributed by atoms with Crippen molar-refractivity contribution in [1.82, 2.24) is 4.90 Å². The summed E-state index contributed by atoms with van der Waals surface area (Å²) >= 11 is 0. The van der Waals surface area contributed by atoms with Gasteiger partial charge in [0.25, 0.3) is 5.91 Å². The molecule has 0 aliphatic carbocycles. The number of ether oxygens (including phenoxy) is 1. The monoisotopic (exact) mass is 294 g/mol. The Hall–Kier alpha value is -2.11. The van der Waals surface area contributed by atoms with Crippen molar-refractivity contribution in [3.05, 3.63) is 29.6 Å². The summed E-state index contributed by atoms with van der Waals surface area (Å²) in [6.07, 6.45) is 1.14. The number of piperidine rings is 1. The van der Waals surface area contributed by atoms with Crippen LogP contribution in [0.4, 0.5) is 10.1 Å². The largest absolute Gasteiger partial charge is 0.466 e. The van der Waals surface area contributed by atoms with Gasteiger partial charge in [0.2, 0.25) is 0 Å². The number of nitrogens with two attached hydrogens (primary N) is 1. The molecule has 21 heavy (non-hydrogen) atoms. The predicted molar refractivity (Wildman–Crippen MR) is 76.1 cm³/mol. The van der Waals surface area contributed by atoms with Gasteiger partial charge in [-0.2, -0.15) is 0 Å². The summed E-state index contributed by atoms with van der Waals surface area (Å²) in [5.41, 5.74) is 5.69. The average molecular weight is 294 g/mol. The first-order valence-electron chi connectivity index (χ1n) is 7.04. The molecule has 2 N–H and O–H groups in total. The number of carbonyl (C=O) groups is 2. The molecule has 2 rings (SSSR count). The van der Waals surface area contributed by atoms with Gasteiger partial charge in [-0.1, -0.05) is 0 Å². The highest BCUT2D eigenvalue weighted by atomic mass is 19.1. The molecular weight excluding hydrogens is 275 g/mol. The Kier molecular flexibility index (Phi) is 4.77. The molecule has 0 saturated carbocycles. The highest BCUT2D eigenvalue weighted by Crippen LogP contribution is 2.21. The number of nitrogen functional groups attached to an aromatic ring is 1. The first kappa shape index (κ1) is 15.3. The van der Waals surface area contributed by atoms with Crippen molar-refractivity contribution in [3.8, 4) is 0 Å². The number of amides is 1. The van der Waals surface area contributed by atoms with E-state index in [1.54, 1.807) is 11.8 Å². The molecule has 1 heterocycles. The van der Waals surface area contributed by atoms with Gasteiger partial charge in [-0.25, -0.2) is 4.39 Å². The number of likely N-dealkylation sites (tertiary alicyclic amines) is 1. The van der Waals surface area contributed by atoms with E-state index < -0.39 is 5.82 Å². The summed E-state index contributed by atoms with van der Waals surface area (Å²) in [5, 5.41) is 0.